The van der Waals surface area contributed by atoms with Gasteiger partial charge in [0.05, 0.1) is 18.2 Å². The van der Waals surface area contributed by atoms with Gasteiger partial charge in [0.1, 0.15) is 0 Å². The molecule has 0 aromatic heterocycles. The van der Waals surface area contributed by atoms with E-state index in [2.05, 4.69) is 43.8 Å². The largest absolute Gasteiger partial charge is 0.330 e. The average molecular weight is 416 g/mol. The number of carbonyl (C=O) groups excluding carboxylic acids is 1. The topological polar surface area (TPSA) is 27.9 Å². The molecule has 1 atom stereocenters. The molecular weight excluding hydrogens is 394 g/mol. The Morgan fingerprint density at radius 3 is 2.20 bits per heavy atom. The fourth-order valence-corrected chi connectivity index (χ4v) is 4.41. The summed E-state index contributed by atoms with van der Waals surface area (Å²) in [5.74, 6) is 0. The SMILES string of the molecule is [C-]#[N+]c1ccc(N2C(=O)N(c3ccc(Cl)cc3)C(C)(C)[C@@H]2c2cccc(C)c2)cc1. The van der Waals surface area contributed by atoms with Crippen LogP contribution in [0.1, 0.15) is 31.0 Å². The minimum atomic E-state index is -0.531. The number of halogens is 1. The smallest absolute Gasteiger partial charge is 0.286 e. The maximum atomic E-state index is 13.8. The monoisotopic (exact) mass is 415 g/mol. The number of benzene rings is 3. The fourth-order valence-electron chi connectivity index (χ4n) is 4.28. The van der Waals surface area contributed by atoms with E-state index in [0.717, 1.165) is 22.5 Å². The van der Waals surface area contributed by atoms with Crippen LogP contribution in [0.25, 0.3) is 4.85 Å². The van der Waals surface area contributed by atoms with Gasteiger partial charge in [0.2, 0.25) is 0 Å². The number of hydrogen-bond acceptors (Lipinski definition) is 1. The molecule has 0 bridgehead atoms. The Hall–Kier alpha value is -3.29. The third-order valence-corrected chi connectivity index (χ3v) is 5.85. The quantitative estimate of drug-likeness (QED) is 0.417. The summed E-state index contributed by atoms with van der Waals surface area (Å²) < 4.78 is 0. The molecule has 0 unspecified atom stereocenters. The summed E-state index contributed by atoms with van der Waals surface area (Å²) in [6.07, 6.45) is 0. The van der Waals surface area contributed by atoms with Gasteiger partial charge in [-0.15, -0.1) is 0 Å². The van der Waals surface area contributed by atoms with Crippen molar-refractivity contribution >= 4 is 34.7 Å². The van der Waals surface area contributed by atoms with Crippen LogP contribution in [0.2, 0.25) is 5.02 Å². The molecule has 1 aliphatic heterocycles. The highest BCUT2D eigenvalue weighted by Gasteiger charge is 2.53. The van der Waals surface area contributed by atoms with E-state index in [1.807, 2.05) is 40.1 Å². The summed E-state index contributed by atoms with van der Waals surface area (Å²) in [5.41, 5.74) is 3.79. The van der Waals surface area contributed by atoms with E-state index in [9.17, 15) is 4.79 Å². The molecule has 5 heteroatoms. The van der Waals surface area contributed by atoms with Gasteiger partial charge in [0, 0.05) is 16.4 Å². The lowest BCUT2D eigenvalue weighted by atomic mass is 9.87. The highest BCUT2D eigenvalue weighted by Crippen LogP contribution is 2.48. The van der Waals surface area contributed by atoms with Gasteiger partial charge >= 0.3 is 6.03 Å². The first-order valence-corrected chi connectivity index (χ1v) is 10.1. The van der Waals surface area contributed by atoms with Gasteiger partial charge in [-0.25, -0.2) is 9.64 Å². The molecule has 0 spiro atoms. The standard InChI is InChI=1S/C25H22ClN3O/c1-17-6-5-7-18(16-17)23-25(2,3)29(22-12-8-19(26)9-13-22)24(30)28(23)21-14-10-20(27-4)11-15-21/h5-16,23H,1-3H3/t23-/m0/s1. The van der Waals surface area contributed by atoms with Gasteiger partial charge in [-0.2, -0.15) is 0 Å². The maximum absolute atomic E-state index is 13.8. The minimum absolute atomic E-state index is 0.107. The van der Waals surface area contributed by atoms with Crippen molar-refractivity contribution in [3.63, 3.8) is 0 Å². The third kappa shape index (κ3) is 3.32. The molecule has 4 nitrogen and oxygen atoms in total. The molecule has 2 amide bonds. The molecule has 3 aromatic rings. The molecule has 0 radical (unpaired) electrons. The van der Waals surface area contributed by atoms with Gasteiger partial charge in [-0.1, -0.05) is 53.6 Å². The van der Waals surface area contributed by atoms with Crippen LogP contribution in [0.15, 0.2) is 72.8 Å². The van der Waals surface area contributed by atoms with Gasteiger partial charge in [0.15, 0.2) is 5.69 Å². The van der Waals surface area contributed by atoms with Crippen LogP contribution in [-0.2, 0) is 0 Å². The molecule has 1 fully saturated rings. The average Bonchev–Trinajstić information content (AvgIpc) is 2.94. The summed E-state index contributed by atoms with van der Waals surface area (Å²) in [7, 11) is 0. The van der Waals surface area contributed by atoms with Crippen LogP contribution in [-0.4, -0.2) is 11.6 Å². The predicted molar refractivity (Wildman–Crippen MR) is 123 cm³/mol. The molecular formula is C25H22ClN3O. The second-order valence-electron chi connectivity index (χ2n) is 8.06. The molecule has 150 valence electrons. The van der Waals surface area contributed by atoms with E-state index in [0.29, 0.717) is 10.7 Å². The molecule has 30 heavy (non-hydrogen) atoms. The molecule has 3 aromatic carbocycles. The van der Waals surface area contributed by atoms with Crippen molar-refractivity contribution in [3.8, 4) is 0 Å². The predicted octanol–water partition coefficient (Wildman–Crippen LogP) is 7.17. The van der Waals surface area contributed by atoms with E-state index in [1.165, 1.54) is 0 Å². The number of hydrogen-bond donors (Lipinski definition) is 0. The summed E-state index contributed by atoms with van der Waals surface area (Å²) in [4.78, 5) is 20.9. The van der Waals surface area contributed by atoms with Crippen LogP contribution < -0.4 is 9.80 Å². The Morgan fingerprint density at radius 2 is 1.60 bits per heavy atom. The number of nitrogens with zero attached hydrogens (tertiary/aromatic N) is 3. The van der Waals surface area contributed by atoms with E-state index >= 15 is 0 Å². The highest BCUT2D eigenvalue weighted by molar-refractivity contribution is 6.30. The number of urea groups is 1. The van der Waals surface area contributed by atoms with Crippen molar-refractivity contribution in [3.05, 3.63) is 100 Å². The summed E-state index contributed by atoms with van der Waals surface area (Å²) in [6, 6.07) is 22.5. The van der Waals surface area contributed by atoms with E-state index < -0.39 is 5.54 Å². The van der Waals surface area contributed by atoms with Crippen molar-refractivity contribution in [1.29, 1.82) is 0 Å². The minimum Gasteiger partial charge on any atom is -0.286 e. The normalized spacial score (nSPS) is 17.8. The summed E-state index contributed by atoms with van der Waals surface area (Å²) in [6.45, 7) is 13.4. The Morgan fingerprint density at radius 1 is 0.967 bits per heavy atom. The van der Waals surface area contributed by atoms with Gasteiger partial charge in [-0.3, -0.25) is 9.80 Å². The molecule has 4 rings (SSSR count). The molecule has 0 saturated carbocycles. The number of amides is 2. The summed E-state index contributed by atoms with van der Waals surface area (Å²) in [5, 5.41) is 0.630. The van der Waals surface area contributed by atoms with Crippen LogP contribution >= 0.6 is 11.6 Å². The molecule has 0 aliphatic carbocycles. The van der Waals surface area contributed by atoms with Crippen LogP contribution in [0.3, 0.4) is 0 Å². The number of anilines is 2. The zero-order chi connectivity index (χ0) is 21.5. The number of rotatable bonds is 3. The lowest BCUT2D eigenvalue weighted by Crippen LogP contribution is -2.43. The van der Waals surface area contributed by atoms with Gasteiger partial charge in [-0.05, 0) is 62.7 Å². The third-order valence-electron chi connectivity index (χ3n) is 5.60. The second kappa shape index (κ2) is 7.51. The molecule has 1 saturated heterocycles. The van der Waals surface area contributed by atoms with E-state index in [-0.39, 0.29) is 12.1 Å². The molecule has 1 heterocycles. The Kier molecular flexibility index (Phi) is 5.01. The van der Waals surface area contributed by atoms with Gasteiger partial charge in [0.25, 0.3) is 0 Å². The first-order valence-electron chi connectivity index (χ1n) is 9.76. The highest BCUT2D eigenvalue weighted by atomic mass is 35.5. The van der Waals surface area contributed by atoms with E-state index in [1.54, 1.807) is 24.3 Å². The summed E-state index contributed by atoms with van der Waals surface area (Å²) >= 11 is 6.08. The fraction of sp³-hybridized carbons (Fsp3) is 0.200. The van der Waals surface area contributed by atoms with Crippen molar-refractivity contribution in [2.24, 2.45) is 0 Å². The zero-order valence-corrected chi connectivity index (χ0v) is 17.9. The van der Waals surface area contributed by atoms with Crippen molar-refractivity contribution in [1.82, 2.24) is 0 Å². The Labute approximate surface area is 182 Å². The van der Waals surface area contributed by atoms with Crippen molar-refractivity contribution in [2.45, 2.75) is 32.4 Å². The first kappa shape index (κ1) is 20.0. The molecule has 0 N–H and O–H groups in total. The lowest BCUT2D eigenvalue weighted by Gasteiger charge is -2.35. The Balaban J connectivity index is 1.89. The van der Waals surface area contributed by atoms with Crippen molar-refractivity contribution in [2.75, 3.05) is 9.80 Å². The zero-order valence-electron chi connectivity index (χ0n) is 17.1. The maximum Gasteiger partial charge on any atom is 0.330 e. The number of aryl methyl sites for hydroxylation is 1. The van der Waals surface area contributed by atoms with Crippen molar-refractivity contribution < 1.29 is 4.79 Å². The first-order chi connectivity index (χ1) is 14.3. The number of carbonyl (C=O) groups is 1. The lowest BCUT2D eigenvalue weighted by molar-refractivity contribution is 0.254. The second-order valence-corrected chi connectivity index (χ2v) is 8.50. The van der Waals surface area contributed by atoms with E-state index in [4.69, 9.17) is 18.2 Å². The van der Waals surface area contributed by atoms with Crippen LogP contribution in [0.5, 0.6) is 0 Å². The molecule has 1 aliphatic rings. The van der Waals surface area contributed by atoms with Crippen LogP contribution in [0.4, 0.5) is 21.9 Å². The van der Waals surface area contributed by atoms with Crippen LogP contribution in [0, 0.1) is 13.5 Å². The van der Waals surface area contributed by atoms with Gasteiger partial charge < -0.3 is 0 Å². The Bertz CT molecular complexity index is 1130.